The summed E-state index contributed by atoms with van der Waals surface area (Å²) in [7, 11) is 0. The standard InChI is InChI=1S/C26H32F3N7O2/c1-14(2)24-33-26(38-34-24)35-6-4-16(5-7-35)15(3)37-25-31-10-17(11-32-25)36-12-19(23(30)13-36)18-8-21(28)22(29)9-20(18)27/h8-11,14-16,19,23H,4-7,12-13,30H2,1-3H3/t15-,19+,23-/m0/s1. The molecule has 4 heterocycles. The van der Waals surface area contributed by atoms with Crippen molar-refractivity contribution in [3.8, 4) is 6.01 Å². The molecule has 3 atom stereocenters. The first-order valence-corrected chi connectivity index (χ1v) is 12.9. The maximum absolute atomic E-state index is 14.3. The molecule has 0 radical (unpaired) electrons. The second kappa shape index (κ2) is 10.8. The van der Waals surface area contributed by atoms with Crippen LogP contribution in [0.2, 0.25) is 0 Å². The van der Waals surface area contributed by atoms with Crippen molar-refractivity contribution >= 4 is 11.7 Å². The van der Waals surface area contributed by atoms with E-state index >= 15 is 0 Å². The van der Waals surface area contributed by atoms with E-state index in [1.807, 2.05) is 25.7 Å². The van der Waals surface area contributed by atoms with Crippen LogP contribution in [0.3, 0.4) is 0 Å². The monoisotopic (exact) mass is 531 g/mol. The predicted octanol–water partition coefficient (Wildman–Crippen LogP) is 4.02. The normalized spacial score (nSPS) is 21.4. The van der Waals surface area contributed by atoms with Gasteiger partial charge in [0.15, 0.2) is 17.5 Å². The van der Waals surface area contributed by atoms with Crippen LogP contribution in [0.5, 0.6) is 6.01 Å². The Morgan fingerprint density at radius 1 is 0.974 bits per heavy atom. The SMILES string of the molecule is CC(C)c1noc(N2CCC([C@H](C)Oc3ncc(N4C[C@H](c5cc(F)c(F)cc5F)[C@@H](N)C4)cn3)CC2)n1. The Morgan fingerprint density at radius 3 is 2.32 bits per heavy atom. The summed E-state index contributed by atoms with van der Waals surface area (Å²) in [6.07, 6.45) is 5.00. The van der Waals surface area contributed by atoms with E-state index in [2.05, 4.69) is 25.0 Å². The minimum Gasteiger partial charge on any atom is -0.460 e. The van der Waals surface area contributed by atoms with Crippen LogP contribution in [0.1, 0.15) is 56.8 Å². The number of anilines is 2. The Bertz CT molecular complexity index is 1250. The summed E-state index contributed by atoms with van der Waals surface area (Å²) in [4.78, 5) is 17.2. The highest BCUT2D eigenvalue weighted by Crippen LogP contribution is 2.33. The summed E-state index contributed by atoms with van der Waals surface area (Å²) < 4.78 is 52.8. The van der Waals surface area contributed by atoms with Crippen LogP contribution in [0.15, 0.2) is 29.0 Å². The van der Waals surface area contributed by atoms with Gasteiger partial charge in [-0.25, -0.2) is 23.1 Å². The Balaban J connectivity index is 1.15. The van der Waals surface area contributed by atoms with E-state index in [9.17, 15) is 13.2 Å². The summed E-state index contributed by atoms with van der Waals surface area (Å²) >= 11 is 0. The number of hydrogen-bond acceptors (Lipinski definition) is 9. The van der Waals surface area contributed by atoms with Crippen molar-refractivity contribution < 1.29 is 22.4 Å². The zero-order chi connectivity index (χ0) is 27.0. The Kier molecular flexibility index (Phi) is 7.42. The minimum absolute atomic E-state index is 0.0686. The van der Waals surface area contributed by atoms with E-state index in [1.165, 1.54) is 0 Å². The van der Waals surface area contributed by atoms with Gasteiger partial charge in [0.05, 0.1) is 18.1 Å². The average molecular weight is 532 g/mol. The Morgan fingerprint density at radius 2 is 1.66 bits per heavy atom. The zero-order valence-electron chi connectivity index (χ0n) is 21.6. The molecule has 1 aromatic carbocycles. The summed E-state index contributed by atoms with van der Waals surface area (Å²) in [5.41, 5.74) is 6.99. The summed E-state index contributed by atoms with van der Waals surface area (Å²) in [5.74, 6) is -2.35. The average Bonchev–Trinajstić information content (AvgIpc) is 3.54. The van der Waals surface area contributed by atoms with Gasteiger partial charge in [0.1, 0.15) is 11.9 Å². The molecule has 2 fully saturated rings. The molecule has 0 saturated carbocycles. The topological polar surface area (TPSA) is 106 Å². The third-order valence-corrected chi connectivity index (χ3v) is 7.50. The fraction of sp³-hybridized carbons (Fsp3) is 0.538. The van der Waals surface area contributed by atoms with Crippen LogP contribution in [0, 0.1) is 23.4 Å². The van der Waals surface area contributed by atoms with Gasteiger partial charge in [-0.2, -0.15) is 4.98 Å². The van der Waals surface area contributed by atoms with E-state index in [0.717, 1.165) is 32.0 Å². The van der Waals surface area contributed by atoms with Gasteiger partial charge in [-0.05, 0) is 37.3 Å². The molecule has 38 heavy (non-hydrogen) atoms. The smallest absolute Gasteiger partial charge is 0.324 e. The molecule has 0 unspecified atom stereocenters. The van der Waals surface area contributed by atoms with E-state index in [-0.39, 0.29) is 23.6 Å². The molecule has 2 N–H and O–H groups in total. The molecule has 12 heteroatoms. The van der Waals surface area contributed by atoms with Crippen molar-refractivity contribution in [1.82, 2.24) is 20.1 Å². The molecule has 204 valence electrons. The molecule has 0 aliphatic carbocycles. The number of hydrogen-bond donors (Lipinski definition) is 1. The van der Waals surface area contributed by atoms with Crippen LogP contribution < -0.4 is 20.3 Å². The number of piperidine rings is 1. The molecular weight excluding hydrogens is 499 g/mol. The minimum atomic E-state index is -1.22. The highest BCUT2D eigenvalue weighted by atomic mass is 19.2. The fourth-order valence-electron chi connectivity index (χ4n) is 5.14. The summed E-state index contributed by atoms with van der Waals surface area (Å²) in [5, 5.41) is 4.05. The molecule has 5 rings (SSSR count). The van der Waals surface area contributed by atoms with Crippen molar-refractivity contribution in [2.45, 2.75) is 57.6 Å². The van der Waals surface area contributed by atoms with Gasteiger partial charge < -0.3 is 24.8 Å². The van der Waals surface area contributed by atoms with Gasteiger partial charge in [0, 0.05) is 50.1 Å². The predicted molar refractivity (Wildman–Crippen MR) is 135 cm³/mol. The van der Waals surface area contributed by atoms with Crippen molar-refractivity contribution in [2.75, 3.05) is 36.0 Å². The molecule has 0 amide bonds. The van der Waals surface area contributed by atoms with Gasteiger partial charge in [0.2, 0.25) is 0 Å². The highest BCUT2D eigenvalue weighted by Gasteiger charge is 2.34. The first-order valence-electron chi connectivity index (χ1n) is 12.9. The second-order valence-corrected chi connectivity index (χ2v) is 10.4. The lowest BCUT2D eigenvalue weighted by atomic mass is 9.92. The third-order valence-electron chi connectivity index (χ3n) is 7.50. The number of nitrogens with zero attached hydrogens (tertiary/aromatic N) is 6. The molecule has 0 spiro atoms. The van der Waals surface area contributed by atoms with E-state index < -0.39 is 29.4 Å². The molecule has 2 aliphatic heterocycles. The van der Waals surface area contributed by atoms with Crippen LogP contribution in [-0.4, -0.2) is 58.4 Å². The number of nitrogens with two attached hydrogens (primary N) is 1. The van der Waals surface area contributed by atoms with E-state index in [4.69, 9.17) is 15.0 Å². The van der Waals surface area contributed by atoms with Crippen molar-refractivity contribution in [2.24, 2.45) is 11.7 Å². The zero-order valence-corrected chi connectivity index (χ0v) is 21.6. The number of benzene rings is 1. The van der Waals surface area contributed by atoms with Crippen LogP contribution in [0.25, 0.3) is 0 Å². The number of halogens is 3. The molecule has 2 aromatic heterocycles. The van der Waals surface area contributed by atoms with Crippen molar-refractivity contribution in [3.63, 3.8) is 0 Å². The maximum atomic E-state index is 14.3. The van der Waals surface area contributed by atoms with Gasteiger partial charge >= 0.3 is 12.0 Å². The Hall–Kier alpha value is -3.41. The molecular formula is C26H32F3N7O2. The maximum Gasteiger partial charge on any atom is 0.324 e. The number of ether oxygens (including phenoxy) is 1. The quantitative estimate of drug-likeness (QED) is 0.453. The van der Waals surface area contributed by atoms with Gasteiger partial charge in [-0.1, -0.05) is 19.0 Å². The summed E-state index contributed by atoms with van der Waals surface area (Å²) in [6, 6.07) is 1.83. The summed E-state index contributed by atoms with van der Waals surface area (Å²) in [6.45, 7) is 8.41. The molecule has 2 aliphatic rings. The van der Waals surface area contributed by atoms with Crippen molar-refractivity contribution in [3.05, 3.63) is 53.4 Å². The molecule has 9 nitrogen and oxygen atoms in total. The first kappa shape index (κ1) is 26.2. The van der Waals surface area contributed by atoms with Crippen LogP contribution in [0.4, 0.5) is 24.9 Å². The lowest BCUT2D eigenvalue weighted by Crippen LogP contribution is -2.39. The lowest BCUT2D eigenvalue weighted by Gasteiger charge is -2.33. The first-order chi connectivity index (χ1) is 18.2. The van der Waals surface area contributed by atoms with Gasteiger partial charge in [-0.3, -0.25) is 0 Å². The Labute approximate surface area is 219 Å². The van der Waals surface area contributed by atoms with Crippen LogP contribution >= 0.6 is 0 Å². The number of rotatable bonds is 7. The lowest BCUT2D eigenvalue weighted by molar-refractivity contribution is 0.120. The van der Waals surface area contributed by atoms with Crippen molar-refractivity contribution in [1.29, 1.82) is 0 Å². The largest absolute Gasteiger partial charge is 0.460 e. The highest BCUT2D eigenvalue weighted by molar-refractivity contribution is 5.46. The van der Waals surface area contributed by atoms with Crippen LogP contribution in [-0.2, 0) is 0 Å². The number of aromatic nitrogens is 4. The molecule has 3 aromatic rings. The van der Waals surface area contributed by atoms with Gasteiger partial charge in [-0.15, -0.1) is 0 Å². The third kappa shape index (κ3) is 5.40. The second-order valence-electron chi connectivity index (χ2n) is 10.4. The van der Waals surface area contributed by atoms with E-state index in [1.54, 1.807) is 12.4 Å². The van der Waals surface area contributed by atoms with E-state index in [0.29, 0.717) is 42.6 Å². The fourth-order valence-corrected chi connectivity index (χ4v) is 5.14. The molecule has 0 bridgehead atoms. The molecule has 2 saturated heterocycles. The van der Waals surface area contributed by atoms with Gasteiger partial charge in [0.25, 0.3) is 0 Å².